The van der Waals surface area contributed by atoms with Crippen LogP contribution in [0, 0.1) is 5.82 Å². The topological polar surface area (TPSA) is 74.6 Å². The van der Waals surface area contributed by atoms with Crippen LogP contribution < -0.4 is 0 Å². The molecular weight excluding hydrogens is 239 g/mol. The highest BCUT2D eigenvalue weighted by atomic mass is 35.5. The van der Waals surface area contributed by atoms with Crippen molar-refractivity contribution in [1.29, 1.82) is 0 Å². The van der Waals surface area contributed by atoms with E-state index in [-0.39, 0.29) is 10.6 Å². The summed E-state index contributed by atoms with van der Waals surface area (Å²) in [7, 11) is 0. The maximum Gasteiger partial charge on any atom is 0.311 e. The molecule has 1 aromatic carbocycles. The first-order chi connectivity index (χ1) is 7.43. The van der Waals surface area contributed by atoms with Crippen LogP contribution in [-0.4, -0.2) is 22.2 Å². The van der Waals surface area contributed by atoms with Gasteiger partial charge in [0.1, 0.15) is 5.82 Å². The minimum atomic E-state index is -1.43. The van der Waals surface area contributed by atoms with Crippen LogP contribution in [0.5, 0.6) is 0 Å². The third kappa shape index (κ3) is 2.70. The highest BCUT2D eigenvalue weighted by Gasteiger charge is 2.26. The van der Waals surface area contributed by atoms with Crippen LogP contribution in [0.2, 0.25) is 5.02 Å². The fourth-order valence-electron chi connectivity index (χ4n) is 1.29. The molecule has 1 aromatic rings. The molecule has 0 spiro atoms. The summed E-state index contributed by atoms with van der Waals surface area (Å²) < 4.78 is 13.5. The van der Waals surface area contributed by atoms with Gasteiger partial charge in [-0.2, -0.15) is 0 Å². The quantitative estimate of drug-likeness (QED) is 0.853. The number of carboxylic acid groups (broad SMARTS) is 2. The molecule has 0 aliphatic carbocycles. The lowest BCUT2D eigenvalue weighted by atomic mass is 9.95. The SMILES string of the molecule is O=C(O)CC(C(=O)O)c1cccc(Cl)c1F. The van der Waals surface area contributed by atoms with E-state index in [9.17, 15) is 14.0 Å². The molecule has 16 heavy (non-hydrogen) atoms. The summed E-state index contributed by atoms with van der Waals surface area (Å²) in [5.74, 6) is -5.04. The zero-order valence-corrected chi connectivity index (χ0v) is 8.74. The van der Waals surface area contributed by atoms with E-state index in [1.165, 1.54) is 18.2 Å². The molecule has 0 aliphatic heterocycles. The summed E-state index contributed by atoms with van der Waals surface area (Å²) in [5, 5.41) is 17.1. The molecule has 2 N–H and O–H groups in total. The van der Waals surface area contributed by atoms with Crippen LogP contribution in [0.3, 0.4) is 0 Å². The van der Waals surface area contributed by atoms with E-state index in [0.717, 1.165) is 0 Å². The Morgan fingerprint density at radius 3 is 2.50 bits per heavy atom. The smallest absolute Gasteiger partial charge is 0.311 e. The average molecular weight is 247 g/mol. The predicted molar refractivity (Wildman–Crippen MR) is 54.0 cm³/mol. The first-order valence-corrected chi connectivity index (χ1v) is 4.69. The van der Waals surface area contributed by atoms with Gasteiger partial charge in [0.15, 0.2) is 0 Å². The highest BCUT2D eigenvalue weighted by Crippen LogP contribution is 2.27. The number of rotatable bonds is 4. The van der Waals surface area contributed by atoms with Gasteiger partial charge in [0, 0.05) is 5.56 Å². The fourth-order valence-corrected chi connectivity index (χ4v) is 1.48. The van der Waals surface area contributed by atoms with Gasteiger partial charge in [-0.25, -0.2) is 4.39 Å². The van der Waals surface area contributed by atoms with Crippen molar-refractivity contribution in [3.05, 3.63) is 34.6 Å². The second kappa shape index (κ2) is 4.94. The Morgan fingerprint density at radius 1 is 1.38 bits per heavy atom. The maximum absolute atomic E-state index is 13.5. The van der Waals surface area contributed by atoms with Crippen molar-refractivity contribution in [3.63, 3.8) is 0 Å². The van der Waals surface area contributed by atoms with E-state index in [1.807, 2.05) is 0 Å². The van der Waals surface area contributed by atoms with Gasteiger partial charge >= 0.3 is 11.9 Å². The second-order valence-corrected chi connectivity index (χ2v) is 3.54. The van der Waals surface area contributed by atoms with Gasteiger partial charge in [0.2, 0.25) is 0 Å². The molecule has 0 heterocycles. The van der Waals surface area contributed by atoms with Gasteiger partial charge in [0.25, 0.3) is 0 Å². The molecular formula is C10H8ClFO4. The monoisotopic (exact) mass is 246 g/mol. The zero-order valence-electron chi connectivity index (χ0n) is 7.98. The lowest BCUT2D eigenvalue weighted by Crippen LogP contribution is -2.17. The normalized spacial score (nSPS) is 12.1. The van der Waals surface area contributed by atoms with Gasteiger partial charge in [-0.1, -0.05) is 23.7 Å². The molecule has 0 fully saturated rings. The Bertz CT molecular complexity index is 433. The Morgan fingerprint density at radius 2 is 2.00 bits per heavy atom. The van der Waals surface area contributed by atoms with E-state index >= 15 is 0 Å². The van der Waals surface area contributed by atoms with Crippen molar-refractivity contribution in [2.24, 2.45) is 0 Å². The van der Waals surface area contributed by atoms with Crippen LogP contribution in [-0.2, 0) is 9.59 Å². The molecule has 0 amide bonds. The lowest BCUT2D eigenvalue weighted by Gasteiger charge is -2.11. The van der Waals surface area contributed by atoms with Gasteiger partial charge < -0.3 is 10.2 Å². The van der Waals surface area contributed by atoms with Crippen LogP contribution in [0.4, 0.5) is 4.39 Å². The van der Waals surface area contributed by atoms with Gasteiger partial charge in [-0.15, -0.1) is 0 Å². The standard InChI is InChI=1S/C10H8ClFO4/c11-7-3-1-2-5(9(7)12)6(10(15)16)4-8(13)14/h1-3,6H,4H2,(H,13,14)(H,15,16). The van der Waals surface area contributed by atoms with Crippen molar-refractivity contribution in [3.8, 4) is 0 Å². The van der Waals surface area contributed by atoms with E-state index in [2.05, 4.69) is 0 Å². The third-order valence-corrected chi connectivity index (χ3v) is 2.33. The molecule has 1 atom stereocenters. The Balaban J connectivity index is 3.16. The number of aliphatic carboxylic acids is 2. The summed E-state index contributed by atoms with van der Waals surface area (Å²) >= 11 is 5.48. The molecule has 1 unspecified atom stereocenters. The Kier molecular flexibility index (Phi) is 3.84. The summed E-state index contributed by atoms with van der Waals surface area (Å²) in [6.45, 7) is 0. The second-order valence-electron chi connectivity index (χ2n) is 3.13. The third-order valence-electron chi connectivity index (χ3n) is 2.03. The van der Waals surface area contributed by atoms with Crippen LogP contribution in [0.1, 0.15) is 17.9 Å². The number of halogens is 2. The van der Waals surface area contributed by atoms with E-state index in [0.29, 0.717) is 0 Å². The Labute approximate surface area is 95.3 Å². The van der Waals surface area contributed by atoms with Gasteiger partial charge in [-0.05, 0) is 6.07 Å². The predicted octanol–water partition coefficient (Wildman–Crippen LogP) is 2.12. The first kappa shape index (κ1) is 12.4. The summed E-state index contributed by atoms with van der Waals surface area (Å²) in [5.41, 5.74) is -0.220. The number of carbonyl (C=O) groups is 2. The van der Waals surface area contributed by atoms with Crippen molar-refractivity contribution in [2.45, 2.75) is 12.3 Å². The summed E-state index contributed by atoms with van der Waals surface area (Å²) in [6, 6.07) is 3.85. The van der Waals surface area contributed by atoms with E-state index < -0.39 is 30.1 Å². The van der Waals surface area contributed by atoms with Crippen LogP contribution in [0.15, 0.2) is 18.2 Å². The molecule has 0 saturated heterocycles. The summed E-state index contributed by atoms with van der Waals surface area (Å²) in [6.07, 6.45) is -0.688. The number of benzene rings is 1. The number of hydrogen-bond donors (Lipinski definition) is 2. The highest BCUT2D eigenvalue weighted by molar-refractivity contribution is 6.30. The first-order valence-electron chi connectivity index (χ1n) is 4.32. The molecule has 0 bridgehead atoms. The largest absolute Gasteiger partial charge is 0.481 e. The van der Waals surface area contributed by atoms with Crippen LogP contribution in [0.25, 0.3) is 0 Å². The van der Waals surface area contributed by atoms with E-state index in [4.69, 9.17) is 21.8 Å². The molecule has 4 nitrogen and oxygen atoms in total. The maximum atomic E-state index is 13.5. The zero-order chi connectivity index (χ0) is 12.3. The number of carboxylic acids is 2. The fraction of sp³-hybridized carbons (Fsp3) is 0.200. The molecule has 0 aromatic heterocycles. The lowest BCUT2D eigenvalue weighted by molar-refractivity contribution is -0.145. The van der Waals surface area contributed by atoms with Crippen molar-refractivity contribution in [1.82, 2.24) is 0 Å². The van der Waals surface area contributed by atoms with Gasteiger partial charge in [0.05, 0.1) is 17.4 Å². The van der Waals surface area contributed by atoms with E-state index in [1.54, 1.807) is 0 Å². The molecule has 0 saturated carbocycles. The molecule has 6 heteroatoms. The summed E-state index contributed by atoms with van der Waals surface area (Å²) in [4.78, 5) is 21.3. The van der Waals surface area contributed by atoms with Crippen LogP contribution >= 0.6 is 11.6 Å². The van der Waals surface area contributed by atoms with Crippen molar-refractivity contribution >= 4 is 23.5 Å². The molecule has 0 radical (unpaired) electrons. The minimum Gasteiger partial charge on any atom is -0.481 e. The molecule has 0 aliphatic rings. The van der Waals surface area contributed by atoms with Crippen molar-refractivity contribution < 1.29 is 24.2 Å². The minimum absolute atomic E-state index is 0.220. The molecule has 1 rings (SSSR count). The Hall–Kier alpha value is -1.62. The number of hydrogen-bond acceptors (Lipinski definition) is 2. The van der Waals surface area contributed by atoms with Gasteiger partial charge in [-0.3, -0.25) is 9.59 Å². The average Bonchev–Trinajstić information content (AvgIpc) is 2.18. The van der Waals surface area contributed by atoms with Crippen molar-refractivity contribution in [2.75, 3.05) is 0 Å². The molecule has 86 valence electrons.